The fourth-order valence-electron chi connectivity index (χ4n) is 1.68. The van der Waals surface area contributed by atoms with Crippen LogP contribution < -0.4 is 10.5 Å². The first-order chi connectivity index (χ1) is 8.16. The van der Waals surface area contributed by atoms with E-state index in [9.17, 15) is 0 Å². The molecule has 1 heterocycles. The summed E-state index contributed by atoms with van der Waals surface area (Å²) in [7, 11) is 0. The van der Waals surface area contributed by atoms with Gasteiger partial charge in [-0.1, -0.05) is 18.2 Å². The number of para-hydroxylation sites is 1. The van der Waals surface area contributed by atoms with E-state index < -0.39 is 0 Å². The maximum absolute atomic E-state index is 5.78. The normalized spacial score (nSPS) is 10.5. The van der Waals surface area contributed by atoms with E-state index in [4.69, 9.17) is 10.5 Å². The van der Waals surface area contributed by atoms with E-state index in [-0.39, 0.29) is 6.10 Å². The molecule has 0 bridgehead atoms. The van der Waals surface area contributed by atoms with Crippen LogP contribution in [0.1, 0.15) is 13.8 Å². The van der Waals surface area contributed by atoms with Crippen LogP contribution >= 0.6 is 0 Å². The number of aromatic nitrogens is 1. The van der Waals surface area contributed by atoms with Crippen molar-refractivity contribution in [3.05, 3.63) is 42.6 Å². The van der Waals surface area contributed by atoms with Crippen molar-refractivity contribution in [2.75, 3.05) is 5.73 Å². The van der Waals surface area contributed by atoms with Crippen LogP contribution in [0.5, 0.6) is 5.75 Å². The van der Waals surface area contributed by atoms with E-state index in [1.807, 2.05) is 50.2 Å². The summed E-state index contributed by atoms with van der Waals surface area (Å²) in [4.78, 5) is 3.99. The number of benzene rings is 1. The van der Waals surface area contributed by atoms with Gasteiger partial charge in [0.2, 0.25) is 0 Å². The Kier molecular flexibility index (Phi) is 3.28. The zero-order valence-corrected chi connectivity index (χ0v) is 10.1. The molecule has 2 aromatic rings. The third kappa shape index (κ3) is 2.75. The molecule has 88 valence electrons. The lowest BCUT2D eigenvalue weighted by atomic mass is 10.1. The molecule has 0 saturated heterocycles. The zero-order chi connectivity index (χ0) is 12.3. The first-order valence-electron chi connectivity index (χ1n) is 5.64. The summed E-state index contributed by atoms with van der Waals surface area (Å²) in [5.74, 6) is 1.38. The monoisotopic (exact) mass is 228 g/mol. The van der Waals surface area contributed by atoms with Gasteiger partial charge in [-0.2, -0.15) is 0 Å². The zero-order valence-electron chi connectivity index (χ0n) is 10.1. The van der Waals surface area contributed by atoms with Gasteiger partial charge in [0.1, 0.15) is 11.6 Å². The second kappa shape index (κ2) is 4.87. The molecule has 1 aromatic carbocycles. The minimum Gasteiger partial charge on any atom is -0.490 e. The second-order valence-corrected chi connectivity index (χ2v) is 4.13. The van der Waals surface area contributed by atoms with Crippen molar-refractivity contribution in [2.45, 2.75) is 20.0 Å². The predicted molar refractivity (Wildman–Crippen MR) is 69.8 cm³/mol. The van der Waals surface area contributed by atoms with Crippen molar-refractivity contribution < 1.29 is 4.74 Å². The highest BCUT2D eigenvalue weighted by molar-refractivity contribution is 5.71. The number of nitrogens with zero attached hydrogens (tertiary/aromatic N) is 1. The lowest BCUT2D eigenvalue weighted by Gasteiger charge is -2.14. The van der Waals surface area contributed by atoms with E-state index in [0.29, 0.717) is 5.82 Å². The second-order valence-electron chi connectivity index (χ2n) is 4.13. The summed E-state index contributed by atoms with van der Waals surface area (Å²) in [6, 6.07) is 11.7. The number of ether oxygens (including phenoxy) is 1. The first-order valence-corrected chi connectivity index (χ1v) is 5.64. The molecule has 0 aliphatic heterocycles. The minimum atomic E-state index is 0.148. The van der Waals surface area contributed by atoms with Crippen LogP contribution in [-0.4, -0.2) is 11.1 Å². The average Bonchev–Trinajstić information content (AvgIpc) is 2.29. The molecule has 3 heteroatoms. The van der Waals surface area contributed by atoms with Crippen LogP contribution in [0.25, 0.3) is 11.1 Å². The summed E-state index contributed by atoms with van der Waals surface area (Å²) >= 11 is 0. The number of hydrogen-bond donors (Lipinski definition) is 1. The predicted octanol–water partition coefficient (Wildman–Crippen LogP) is 3.12. The summed E-state index contributed by atoms with van der Waals surface area (Å²) in [5.41, 5.74) is 7.75. The Morgan fingerprint density at radius 2 is 1.94 bits per heavy atom. The Hall–Kier alpha value is -2.03. The maximum atomic E-state index is 5.78. The van der Waals surface area contributed by atoms with Crippen LogP contribution in [0.15, 0.2) is 42.6 Å². The molecule has 2 N–H and O–H groups in total. The van der Waals surface area contributed by atoms with Crippen LogP contribution in [0, 0.1) is 0 Å². The van der Waals surface area contributed by atoms with Gasteiger partial charge >= 0.3 is 0 Å². The summed E-state index contributed by atoms with van der Waals surface area (Å²) < 4.78 is 5.78. The number of hydrogen-bond acceptors (Lipinski definition) is 3. The molecule has 3 nitrogen and oxygen atoms in total. The van der Waals surface area contributed by atoms with Crippen molar-refractivity contribution in [1.82, 2.24) is 4.98 Å². The lowest BCUT2D eigenvalue weighted by Crippen LogP contribution is -2.06. The van der Waals surface area contributed by atoms with Crippen molar-refractivity contribution >= 4 is 5.82 Å². The topological polar surface area (TPSA) is 48.1 Å². The molecule has 1 aromatic heterocycles. The number of pyridine rings is 1. The van der Waals surface area contributed by atoms with Crippen molar-refractivity contribution in [3.63, 3.8) is 0 Å². The van der Waals surface area contributed by atoms with Gasteiger partial charge in [-0.3, -0.25) is 0 Å². The maximum Gasteiger partial charge on any atom is 0.127 e. The van der Waals surface area contributed by atoms with Gasteiger partial charge in [-0.05, 0) is 37.6 Å². The average molecular weight is 228 g/mol. The highest BCUT2D eigenvalue weighted by Crippen LogP contribution is 2.30. The van der Waals surface area contributed by atoms with Crippen molar-refractivity contribution in [1.29, 1.82) is 0 Å². The van der Waals surface area contributed by atoms with Crippen molar-refractivity contribution in [2.24, 2.45) is 0 Å². The van der Waals surface area contributed by atoms with Gasteiger partial charge in [-0.25, -0.2) is 4.98 Å². The largest absolute Gasteiger partial charge is 0.490 e. The van der Waals surface area contributed by atoms with Gasteiger partial charge < -0.3 is 10.5 Å². The molecule has 2 rings (SSSR count). The third-order valence-corrected chi connectivity index (χ3v) is 2.34. The summed E-state index contributed by atoms with van der Waals surface area (Å²) in [5, 5.41) is 0. The molecule has 0 unspecified atom stereocenters. The van der Waals surface area contributed by atoms with Crippen LogP contribution in [0.3, 0.4) is 0 Å². The van der Waals surface area contributed by atoms with Crippen LogP contribution in [0.2, 0.25) is 0 Å². The fourth-order valence-corrected chi connectivity index (χ4v) is 1.68. The Morgan fingerprint density at radius 3 is 2.65 bits per heavy atom. The number of anilines is 1. The van der Waals surface area contributed by atoms with Gasteiger partial charge in [0.05, 0.1) is 6.10 Å². The van der Waals surface area contributed by atoms with Crippen molar-refractivity contribution in [3.8, 4) is 16.9 Å². The fraction of sp³-hybridized carbons (Fsp3) is 0.214. The summed E-state index contributed by atoms with van der Waals surface area (Å²) in [6.07, 6.45) is 1.85. The molecule has 0 atom stereocenters. The molecular weight excluding hydrogens is 212 g/mol. The van der Waals surface area contributed by atoms with E-state index in [1.165, 1.54) is 0 Å². The molecule has 0 spiro atoms. The van der Waals surface area contributed by atoms with Crippen LogP contribution in [-0.2, 0) is 0 Å². The van der Waals surface area contributed by atoms with Crippen LogP contribution in [0.4, 0.5) is 5.82 Å². The summed E-state index contributed by atoms with van der Waals surface area (Å²) in [6.45, 7) is 4.02. The Labute approximate surface area is 101 Å². The number of nitrogens with two attached hydrogens (primary N) is 1. The molecule has 0 amide bonds. The quantitative estimate of drug-likeness (QED) is 0.878. The highest BCUT2D eigenvalue weighted by atomic mass is 16.5. The Balaban J connectivity index is 2.44. The van der Waals surface area contributed by atoms with Gasteiger partial charge in [-0.15, -0.1) is 0 Å². The van der Waals surface area contributed by atoms with E-state index in [1.54, 1.807) is 6.20 Å². The molecule has 0 aliphatic carbocycles. The molecule has 0 fully saturated rings. The molecule has 0 radical (unpaired) electrons. The van der Waals surface area contributed by atoms with Gasteiger partial charge in [0.25, 0.3) is 0 Å². The van der Waals surface area contributed by atoms with Gasteiger partial charge in [0, 0.05) is 11.8 Å². The molecule has 0 saturated carbocycles. The lowest BCUT2D eigenvalue weighted by molar-refractivity contribution is 0.243. The Bertz CT molecular complexity index is 509. The van der Waals surface area contributed by atoms with Gasteiger partial charge in [0.15, 0.2) is 0 Å². The molecular formula is C14H16N2O. The highest BCUT2D eigenvalue weighted by Gasteiger charge is 2.07. The van der Waals surface area contributed by atoms with E-state index in [0.717, 1.165) is 16.9 Å². The first kappa shape index (κ1) is 11.5. The minimum absolute atomic E-state index is 0.148. The van der Waals surface area contributed by atoms with E-state index >= 15 is 0 Å². The molecule has 0 aliphatic rings. The number of nitrogen functional groups attached to an aromatic ring is 1. The Morgan fingerprint density at radius 1 is 1.18 bits per heavy atom. The smallest absolute Gasteiger partial charge is 0.127 e. The SMILES string of the molecule is CC(C)Oc1ccccc1-c1ccnc(N)c1. The standard InChI is InChI=1S/C14H16N2O/c1-10(2)17-13-6-4-3-5-12(13)11-7-8-16-14(15)9-11/h3-10H,1-2H3,(H2,15,16). The number of rotatable bonds is 3. The van der Waals surface area contributed by atoms with E-state index in [2.05, 4.69) is 4.98 Å². The molecule has 17 heavy (non-hydrogen) atoms. The third-order valence-electron chi connectivity index (χ3n) is 2.34.